The van der Waals surface area contributed by atoms with Crippen molar-refractivity contribution in [3.63, 3.8) is 0 Å². The van der Waals surface area contributed by atoms with E-state index in [0.717, 1.165) is 61.9 Å². The third kappa shape index (κ3) is 6.29. The van der Waals surface area contributed by atoms with Gasteiger partial charge in [-0.1, -0.05) is 25.9 Å². The van der Waals surface area contributed by atoms with Crippen LogP contribution in [-0.2, 0) is 13.0 Å². The third-order valence-electron chi connectivity index (χ3n) is 4.16. The van der Waals surface area contributed by atoms with E-state index in [2.05, 4.69) is 41.6 Å². The van der Waals surface area contributed by atoms with Crippen molar-refractivity contribution in [1.82, 2.24) is 15.8 Å². The van der Waals surface area contributed by atoms with E-state index in [1.165, 1.54) is 0 Å². The molecule has 2 rings (SSSR count). The molecule has 0 spiro atoms. The second-order valence-electron chi connectivity index (χ2n) is 6.08. The smallest absolute Gasteiger partial charge is 0.191 e. The molecule has 0 radical (unpaired) electrons. The van der Waals surface area contributed by atoms with Gasteiger partial charge in [-0.25, -0.2) is 4.99 Å². The highest BCUT2D eigenvalue weighted by Crippen LogP contribution is 2.22. The van der Waals surface area contributed by atoms with Gasteiger partial charge in [-0.3, -0.25) is 0 Å². The topological polar surface area (TPSA) is 75.6 Å². The van der Waals surface area contributed by atoms with Crippen molar-refractivity contribution < 1.29 is 8.94 Å². The second-order valence-corrected chi connectivity index (χ2v) is 6.08. The van der Waals surface area contributed by atoms with Gasteiger partial charge in [0.25, 0.3) is 0 Å². The van der Waals surface area contributed by atoms with E-state index in [-0.39, 0.29) is 0 Å². The summed E-state index contributed by atoms with van der Waals surface area (Å²) in [5, 5.41) is 10.8. The number of aliphatic imine (C=N–C) groups is 1. The minimum atomic E-state index is 0.464. The van der Waals surface area contributed by atoms with E-state index in [1.807, 2.05) is 18.2 Å². The van der Waals surface area contributed by atoms with Gasteiger partial charge < -0.3 is 19.6 Å². The molecule has 6 nitrogen and oxygen atoms in total. The molecule has 2 aromatic heterocycles. The summed E-state index contributed by atoms with van der Waals surface area (Å²) < 4.78 is 10.8. The number of guanidine groups is 1. The molecule has 0 saturated heterocycles. The van der Waals surface area contributed by atoms with Crippen LogP contribution in [0.5, 0.6) is 0 Å². The van der Waals surface area contributed by atoms with Crippen LogP contribution in [0.1, 0.15) is 63.2 Å². The van der Waals surface area contributed by atoms with Crippen LogP contribution < -0.4 is 10.6 Å². The average Bonchev–Trinajstić information content (AvgIpc) is 3.30. The molecule has 2 N–H and O–H groups in total. The van der Waals surface area contributed by atoms with Crippen molar-refractivity contribution >= 4 is 5.96 Å². The predicted octanol–water partition coefficient (Wildman–Crippen LogP) is 3.86. The fourth-order valence-corrected chi connectivity index (χ4v) is 2.64. The summed E-state index contributed by atoms with van der Waals surface area (Å²) in [7, 11) is 0. The van der Waals surface area contributed by atoms with Crippen molar-refractivity contribution in [2.75, 3.05) is 13.1 Å². The summed E-state index contributed by atoms with van der Waals surface area (Å²) in [6.45, 7) is 8.60. The van der Waals surface area contributed by atoms with Crippen LogP contribution in [0.15, 0.2) is 38.4 Å². The van der Waals surface area contributed by atoms with Crippen LogP contribution >= 0.6 is 0 Å². The van der Waals surface area contributed by atoms with Gasteiger partial charge in [0.05, 0.1) is 12.0 Å². The van der Waals surface area contributed by atoms with Crippen LogP contribution in [0.2, 0.25) is 0 Å². The summed E-state index contributed by atoms with van der Waals surface area (Å²) in [6.07, 6.45) is 5.70. The third-order valence-corrected chi connectivity index (χ3v) is 4.16. The first-order chi connectivity index (χ1) is 12.3. The zero-order valence-electron chi connectivity index (χ0n) is 15.5. The summed E-state index contributed by atoms with van der Waals surface area (Å²) >= 11 is 0. The predicted molar refractivity (Wildman–Crippen MR) is 99.7 cm³/mol. The number of nitrogens with zero attached hydrogens (tertiary/aromatic N) is 2. The number of hydrogen-bond donors (Lipinski definition) is 2. The Balaban J connectivity index is 1.89. The van der Waals surface area contributed by atoms with Crippen molar-refractivity contribution in [3.8, 4) is 0 Å². The molecule has 0 amide bonds. The molecule has 0 aliphatic rings. The maximum absolute atomic E-state index is 5.44. The molecule has 2 aromatic rings. The quantitative estimate of drug-likeness (QED) is 0.505. The molecule has 0 saturated carbocycles. The number of hydrogen-bond acceptors (Lipinski definition) is 4. The van der Waals surface area contributed by atoms with Gasteiger partial charge in [-0.2, -0.15) is 0 Å². The number of aromatic nitrogens is 1. The van der Waals surface area contributed by atoms with E-state index in [4.69, 9.17) is 8.94 Å². The van der Waals surface area contributed by atoms with Crippen LogP contribution in [0, 0.1) is 0 Å². The zero-order chi connectivity index (χ0) is 17.9. The molecule has 0 bridgehead atoms. The standard InChI is InChI=1S/C19H30N4O2/c1-4-10-20-19(21-11-9-16-8-7-12-24-16)22-14-17-13-18(23-25-17)15(5-2)6-3/h7-8,12-13,15H,4-6,9-11,14H2,1-3H3,(H2,20,21,22). The Morgan fingerprint density at radius 1 is 1.16 bits per heavy atom. The SMILES string of the molecule is CCCNC(=NCc1cc(C(CC)CC)no1)NCCc1ccco1. The zero-order valence-corrected chi connectivity index (χ0v) is 15.5. The molecule has 0 aromatic carbocycles. The highest BCUT2D eigenvalue weighted by Gasteiger charge is 2.12. The van der Waals surface area contributed by atoms with Crippen molar-refractivity contribution in [3.05, 3.63) is 41.7 Å². The molecule has 6 heteroatoms. The first-order valence-electron chi connectivity index (χ1n) is 9.26. The van der Waals surface area contributed by atoms with Crippen molar-refractivity contribution in [2.45, 2.75) is 58.9 Å². The van der Waals surface area contributed by atoms with Crippen LogP contribution in [0.4, 0.5) is 0 Å². The first-order valence-corrected chi connectivity index (χ1v) is 9.26. The Kier molecular flexibility index (Phi) is 8.09. The normalized spacial score (nSPS) is 11.9. The maximum atomic E-state index is 5.44. The number of nitrogens with one attached hydrogen (secondary N) is 2. The molecule has 0 unspecified atom stereocenters. The molecule has 0 aliphatic carbocycles. The highest BCUT2D eigenvalue weighted by atomic mass is 16.5. The fourth-order valence-electron chi connectivity index (χ4n) is 2.64. The fraction of sp³-hybridized carbons (Fsp3) is 0.579. The van der Waals surface area contributed by atoms with E-state index >= 15 is 0 Å². The molecular weight excluding hydrogens is 316 g/mol. The number of rotatable bonds is 10. The summed E-state index contributed by atoms with van der Waals surface area (Å²) in [5.74, 6) is 3.01. The van der Waals surface area contributed by atoms with Gasteiger partial charge >= 0.3 is 0 Å². The maximum Gasteiger partial charge on any atom is 0.191 e. The van der Waals surface area contributed by atoms with Crippen LogP contribution in [-0.4, -0.2) is 24.2 Å². The second kappa shape index (κ2) is 10.6. The largest absolute Gasteiger partial charge is 0.469 e. The molecule has 2 heterocycles. The Bertz CT molecular complexity index is 615. The first kappa shape index (κ1) is 19.1. The van der Waals surface area contributed by atoms with E-state index in [9.17, 15) is 0 Å². The van der Waals surface area contributed by atoms with Gasteiger partial charge in [0.1, 0.15) is 12.3 Å². The van der Waals surface area contributed by atoms with Crippen LogP contribution in [0.25, 0.3) is 0 Å². The summed E-state index contributed by atoms with van der Waals surface area (Å²) in [6, 6.07) is 5.91. The van der Waals surface area contributed by atoms with Crippen molar-refractivity contribution in [1.29, 1.82) is 0 Å². The van der Waals surface area contributed by atoms with E-state index in [1.54, 1.807) is 6.26 Å². The lowest BCUT2D eigenvalue weighted by molar-refractivity contribution is 0.372. The monoisotopic (exact) mass is 346 g/mol. The average molecular weight is 346 g/mol. The lowest BCUT2D eigenvalue weighted by atomic mass is 9.99. The Hall–Kier alpha value is -2.24. The Morgan fingerprint density at radius 2 is 1.96 bits per heavy atom. The van der Waals surface area contributed by atoms with E-state index in [0.29, 0.717) is 12.5 Å². The molecule has 138 valence electrons. The molecular formula is C19H30N4O2. The Labute approximate surface area is 150 Å². The summed E-state index contributed by atoms with van der Waals surface area (Å²) in [4.78, 5) is 4.60. The lowest BCUT2D eigenvalue weighted by Crippen LogP contribution is -2.38. The Morgan fingerprint density at radius 3 is 2.64 bits per heavy atom. The van der Waals surface area contributed by atoms with Gasteiger partial charge in [0.15, 0.2) is 11.7 Å². The minimum absolute atomic E-state index is 0.464. The molecule has 0 fully saturated rings. The minimum Gasteiger partial charge on any atom is -0.469 e. The van der Waals surface area contributed by atoms with E-state index < -0.39 is 0 Å². The molecule has 0 aliphatic heterocycles. The highest BCUT2D eigenvalue weighted by molar-refractivity contribution is 5.79. The lowest BCUT2D eigenvalue weighted by Gasteiger charge is -2.11. The van der Waals surface area contributed by atoms with Gasteiger partial charge in [-0.05, 0) is 31.4 Å². The number of furan rings is 1. The van der Waals surface area contributed by atoms with Gasteiger partial charge in [0, 0.05) is 31.5 Å². The molecule has 0 atom stereocenters. The van der Waals surface area contributed by atoms with Gasteiger partial charge in [0.2, 0.25) is 0 Å². The molecule has 25 heavy (non-hydrogen) atoms. The van der Waals surface area contributed by atoms with Crippen molar-refractivity contribution in [2.24, 2.45) is 4.99 Å². The summed E-state index contributed by atoms with van der Waals surface area (Å²) in [5.41, 5.74) is 1.03. The van der Waals surface area contributed by atoms with Crippen LogP contribution in [0.3, 0.4) is 0 Å². The van der Waals surface area contributed by atoms with Gasteiger partial charge in [-0.15, -0.1) is 0 Å².